The minimum absolute atomic E-state index is 0.0995. The van der Waals surface area contributed by atoms with E-state index in [1.54, 1.807) is 18.2 Å². The number of fused-ring (bicyclic) bond motifs is 1. The van der Waals surface area contributed by atoms with Gasteiger partial charge in [0, 0.05) is 31.4 Å². The van der Waals surface area contributed by atoms with Crippen molar-refractivity contribution in [3.05, 3.63) is 83.2 Å². The van der Waals surface area contributed by atoms with Crippen LogP contribution in [0.2, 0.25) is 0 Å². The summed E-state index contributed by atoms with van der Waals surface area (Å²) in [5, 5.41) is 3.59. The molecule has 7 nitrogen and oxygen atoms in total. The zero-order valence-corrected chi connectivity index (χ0v) is 20.2. The first-order valence-corrected chi connectivity index (χ1v) is 12.2. The lowest BCUT2D eigenvalue weighted by atomic mass is 9.93. The highest BCUT2D eigenvalue weighted by molar-refractivity contribution is 7.99. The largest absolute Gasteiger partial charge is 0.497 e. The number of hydrogen-bond donors (Lipinski definition) is 1. The van der Waals surface area contributed by atoms with Crippen LogP contribution in [-0.2, 0) is 29.0 Å². The fraction of sp³-hybridized carbons (Fsp3) is 0.308. The summed E-state index contributed by atoms with van der Waals surface area (Å²) in [5.41, 5.74) is 4.11. The molecule has 8 heteroatoms. The molecule has 0 saturated carbocycles. The van der Waals surface area contributed by atoms with Crippen LogP contribution in [0, 0.1) is 6.92 Å². The molecular weight excluding hydrogens is 448 g/mol. The third-order valence-corrected chi connectivity index (χ3v) is 6.66. The summed E-state index contributed by atoms with van der Waals surface area (Å²) in [6.07, 6.45) is 2.87. The van der Waals surface area contributed by atoms with E-state index in [0.717, 1.165) is 28.1 Å². The van der Waals surface area contributed by atoms with Gasteiger partial charge in [-0.05, 0) is 48.2 Å². The lowest BCUT2D eigenvalue weighted by Gasteiger charge is -2.36. The van der Waals surface area contributed by atoms with Crippen LogP contribution < -0.4 is 10.1 Å². The maximum atomic E-state index is 13.2. The Hall–Kier alpha value is -3.39. The molecule has 1 aromatic heterocycles. The number of hydrogen-bond acceptors (Lipinski definition) is 6. The molecule has 0 aliphatic carbocycles. The smallest absolute Gasteiger partial charge is 0.243 e. The molecule has 2 aromatic carbocycles. The second kappa shape index (κ2) is 11.2. The number of thioether (sulfide) groups is 1. The van der Waals surface area contributed by atoms with E-state index in [1.807, 2.05) is 61.5 Å². The van der Waals surface area contributed by atoms with Crippen LogP contribution in [0.1, 0.15) is 22.4 Å². The molecule has 2 heterocycles. The molecule has 1 N–H and O–H groups in total. The van der Waals surface area contributed by atoms with E-state index >= 15 is 0 Å². The van der Waals surface area contributed by atoms with Gasteiger partial charge in [-0.2, -0.15) is 0 Å². The van der Waals surface area contributed by atoms with Crippen molar-refractivity contribution in [3.63, 3.8) is 0 Å². The highest BCUT2D eigenvalue weighted by Gasteiger charge is 2.34. The number of amides is 2. The molecular formula is C26H28N4O3S. The molecule has 1 aliphatic rings. The quantitative estimate of drug-likeness (QED) is 0.397. The average molecular weight is 477 g/mol. The Bertz CT molecular complexity index is 1170. The van der Waals surface area contributed by atoms with Gasteiger partial charge in [0.15, 0.2) is 5.16 Å². The third-order valence-electron chi connectivity index (χ3n) is 5.82. The SMILES string of the molecule is COc1cccc(CCNC(=O)C2Cc3ccccc3CN2C(=O)CSc2nccc(C)n2)c1. The zero-order valence-electron chi connectivity index (χ0n) is 19.4. The first-order valence-electron chi connectivity index (χ1n) is 11.2. The van der Waals surface area contributed by atoms with Crippen LogP contribution >= 0.6 is 11.8 Å². The number of ether oxygens (including phenoxy) is 1. The van der Waals surface area contributed by atoms with Crippen molar-refractivity contribution in [2.24, 2.45) is 0 Å². The predicted octanol–water partition coefficient (Wildman–Crippen LogP) is 3.20. The van der Waals surface area contributed by atoms with Crippen molar-refractivity contribution in [1.82, 2.24) is 20.2 Å². The molecule has 1 aliphatic heterocycles. The Kier molecular flexibility index (Phi) is 7.80. The highest BCUT2D eigenvalue weighted by atomic mass is 32.2. The summed E-state index contributed by atoms with van der Waals surface area (Å²) < 4.78 is 5.27. The molecule has 4 rings (SSSR count). The predicted molar refractivity (Wildman–Crippen MR) is 132 cm³/mol. The number of nitrogens with zero attached hydrogens (tertiary/aromatic N) is 3. The Morgan fingerprint density at radius 1 is 1.15 bits per heavy atom. The van der Waals surface area contributed by atoms with E-state index in [4.69, 9.17) is 4.74 Å². The molecule has 176 valence electrons. The number of carbonyl (C=O) groups is 2. The summed E-state index contributed by atoms with van der Waals surface area (Å²) >= 11 is 1.29. The van der Waals surface area contributed by atoms with Crippen LogP contribution in [0.4, 0.5) is 0 Å². The van der Waals surface area contributed by atoms with E-state index in [-0.39, 0.29) is 17.6 Å². The maximum absolute atomic E-state index is 13.2. The third kappa shape index (κ3) is 5.94. The van der Waals surface area contributed by atoms with Crippen molar-refractivity contribution < 1.29 is 14.3 Å². The lowest BCUT2D eigenvalue weighted by molar-refractivity contribution is -0.139. The van der Waals surface area contributed by atoms with Gasteiger partial charge in [0.05, 0.1) is 12.9 Å². The fourth-order valence-electron chi connectivity index (χ4n) is 4.00. The molecule has 3 aromatic rings. The molecule has 1 unspecified atom stereocenters. The molecule has 0 radical (unpaired) electrons. The van der Waals surface area contributed by atoms with Crippen LogP contribution in [0.15, 0.2) is 66.0 Å². The van der Waals surface area contributed by atoms with Crippen molar-refractivity contribution >= 4 is 23.6 Å². The van der Waals surface area contributed by atoms with Crippen LogP contribution in [-0.4, -0.2) is 52.1 Å². The topological polar surface area (TPSA) is 84.4 Å². The van der Waals surface area contributed by atoms with E-state index in [0.29, 0.717) is 31.1 Å². The average Bonchev–Trinajstić information content (AvgIpc) is 2.86. The van der Waals surface area contributed by atoms with Gasteiger partial charge in [-0.25, -0.2) is 9.97 Å². The first kappa shape index (κ1) is 23.8. The summed E-state index contributed by atoms with van der Waals surface area (Å²) in [5.74, 6) is 0.735. The minimum atomic E-state index is -0.549. The summed E-state index contributed by atoms with van der Waals surface area (Å²) in [7, 11) is 1.64. The summed E-state index contributed by atoms with van der Waals surface area (Å²) in [6, 6.07) is 17.0. The van der Waals surface area contributed by atoms with E-state index in [9.17, 15) is 9.59 Å². The van der Waals surface area contributed by atoms with Crippen molar-refractivity contribution in [3.8, 4) is 5.75 Å². The lowest BCUT2D eigenvalue weighted by Crippen LogP contribution is -2.53. The van der Waals surface area contributed by atoms with Gasteiger partial charge in [0.1, 0.15) is 11.8 Å². The second-order valence-electron chi connectivity index (χ2n) is 8.17. The molecule has 1 atom stereocenters. The second-order valence-corrected chi connectivity index (χ2v) is 9.11. The van der Waals surface area contributed by atoms with Crippen LogP contribution in [0.25, 0.3) is 0 Å². The number of rotatable bonds is 8. The molecule has 34 heavy (non-hydrogen) atoms. The molecule has 0 bridgehead atoms. The standard InChI is InChI=1S/C26H28N4O3S/c1-18-10-12-28-26(29-18)34-17-24(31)30-16-21-8-4-3-7-20(21)15-23(30)25(32)27-13-11-19-6-5-9-22(14-19)33-2/h3-10,12,14,23H,11,13,15-17H2,1-2H3,(H,27,32). The van der Waals surface area contributed by atoms with Gasteiger partial charge in [0.2, 0.25) is 11.8 Å². The van der Waals surface area contributed by atoms with Gasteiger partial charge in [-0.1, -0.05) is 48.2 Å². The van der Waals surface area contributed by atoms with Crippen LogP contribution in [0.3, 0.4) is 0 Å². The number of nitrogens with one attached hydrogen (secondary N) is 1. The molecule has 0 saturated heterocycles. The van der Waals surface area contributed by atoms with E-state index < -0.39 is 6.04 Å². The van der Waals surface area contributed by atoms with Crippen molar-refractivity contribution in [2.45, 2.75) is 37.5 Å². The van der Waals surface area contributed by atoms with Gasteiger partial charge in [-0.15, -0.1) is 0 Å². The maximum Gasteiger partial charge on any atom is 0.243 e. The van der Waals surface area contributed by atoms with Gasteiger partial charge in [0.25, 0.3) is 0 Å². The highest BCUT2D eigenvalue weighted by Crippen LogP contribution is 2.25. The van der Waals surface area contributed by atoms with Gasteiger partial charge < -0.3 is 15.0 Å². The number of carbonyl (C=O) groups excluding carboxylic acids is 2. The number of aryl methyl sites for hydroxylation is 1. The minimum Gasteiger partial charge on any atom is -0.497 e. The van der Waals surface area contributed by atoms with Gasteiger partial charge >= 0.3 is 0 Å². The first-order chi connectivity index (χ1) is 16.5. The number of aromatic nitrogens is 2. The number of benzene rings is 2. The summed E-state index contributed by atoms with van der Waals surface area (Å²) in [4.78, 5) is 36.7. The van der Waals surface area contributed by atoms with Crippen molar-refractivity contribution in [2.75, 3.05) is 19.4 Å². The zero-order chi connectivity index (χ0) is 23.9. The molecule has 0 spiro atoms. The Morgan fingerprint density at radius 2 is 1.97 bits per heavy atom. The van der Waals surface area contributed by atoms with E-state index in [2.05, 4.69) is 15.3 Å². The normalized spacial score (nSPS) is 14.9. The van der Waals surface area contributed by atoms with Crippen molar-refractivity contribution in [1.29, 1.82) is 0 Å². The Morgan fingerprint density at radius 3 is 2.76 bits per heavy atom. The Labute approximate surface area is 203 Å². The fourth-order valence-corrected chi connectivity index (χ4v) is 4.76. The molecule has 0 fully saturated rings. The van der Waals surface area contributed by atoms with Crippen LogP contribution in [0.5, 0.6) is 5.75 Å². The summed E-state index contributed by atoms with van der Waals surface area (Å²) in [6.45, 7) is 2.79. The molecule has 2 amide bonds. The number of methoxy groups -OCH3 is 1. The Balaban J connectivity index is 1.42. The van der Waals surface area contributed by atoms with E-state index in [1.165, 1.54) is 11.8 Å². The van der Waals surface area contributed by atoms with Gasteiger partial charge in [-0.3, -0.25) is 9.59 Å². The monoisotopic (exact) mass is 476 g/mol.